The summed E-state index contributed by atoms with van der Waals surface area (Å²) in [7, 11) is -2.88. The van der Waals surface area contributed by atoms with Gasteiger partial charge < -0.3 is 9.13 Å². The molecule has 59 heavy (non-hydrogen) atoms. The summed E-state index contributed by atoms with van der Waals surface area (Å²) in [6.45, 7) is 9.77. The molecular weight excluding hydrogens is 729 g/mol. The van der Waals surface area contributed by atoms with E-state index < -0.39 is 8.07 Å². The second kappa shape index (κ2) is 13.3. The molecule has 0 aliphatic heterocycles. The van der Waals surface area contributed by atoms with Gasteiger partial charge in [-0.2, -0.15) is 0 Å². The van der Waals surface area contributed by atoms with Gasteiger partial charge in [-0.15, -0.1) is 0 Å². The van der Waals surface area contributed by atoms with Crippen molar-refractivity contribution in [1.82, 2.24) is 9.13 Å². The van der Waals surface area contributed by atoms with Crippen LogP contribution in [0.4, 0.5) is 0 Å². The summed E-state index contributed by atoms with van der Waals surface area (Å²) in [6, 6.07) is 73.5. The fourth-order valence-electron chi connectivity index (χ4n) is 10.7. The number of benzene rings is 8. The largest absolute Gasteiger partial charge is 0.309 e. The number of aromatic nitrogens is 2. The lowest BCUT2D eigenvalue weighted by Crippen LogP contribution is -2.75. The zero-order valence-electron chi connectivity index (χ0n) is 34.3. The predicted molar refractivity (Wildman–Crippen MR) is 254 cm³/mol. The Morgan fingerprint density at radius 3 is 1.47 bits per heavy atom. The van der Waals surface area contributed by atoms with Crippen LogP contribution in [0.15, 0.2) is 194 Å². The fourth-order valence-corrected chi connectivity index (χ4v) is 15.5. The van der Waals surface area contributed by atoms with E-state index in [1.165, 1.54) is 99.7 Å². The summed E-state index contributed by atoms with van der Waals surface area (Å²) < 4.78 is 4.99. The zero-order chi connectivity index (χ0) is 39.9. The zero-order valence-corrected chi connectivity index (χ0v) is 35.3. The maximum atomic E-state index is 2.63. The molecule has 2 heterocycles. The first-order valence-electron chi connectivity index (χ1n) is 21.2. The standard InChI is InChI=1S/C56H48N2Si/c1-55(2)35-36-56(3,4)48-38-43(33-34-47(48)55)59(40-20-7-5-8-21-40,41-22-9-6-10-23-41)42-24-17-19-39(37-42)57-51-30-16-13-27-46(51)54-52(57)31-18-32-53(54)58-49-28-14-11-25-44(49)45-26-12-15-29-50(45)58/h5-34,37-38H,35-36H2,1-4H3. The fraction of sp³-hybridized carbons (Fsp3) is 0.143. The predicted octanol–water partition coefficient (Wildman–Crippen LogP) is 11.6. The SMILES string of the molecule is CC1(C)CCC(C)(C)c2cc([Si](c3ccccc3)(c3ccccc3)c3cccc(-n4c5ccccc5c5c(-n6c7ccccc7c7ccccc76)cccc54)c3)ccc21. The van der Waals surface area contributed by atoms with Crippen LogP contribution in [-0.4, -0.2) is 17.2 Å². The van der Waals surface area contributed by atoms with Crippen LogP contribution in [0.25, 0.3) is 55.0 Å². The minimum atomic E-state index is -2.88. The Labute approximate surface area is 348 Å². The number of nitrogens with zero attached hydrogens (tertiary/aromatic N) is 2. The van der Waals surface area contributed by atoms with Crippen molar-refractivity contribution in [3.05, 3.63) is 205 Å². The van der Waals surface area contributed by atoms with E-state index in [1.807, 2.05) is 0 Å². The van der Waals surface area contributed by atoms with E-state index in [9.17, 15) is 0 Å². The molecule has 0 atom stereocenters. The maximum Gasteiger partial charge on any atom is 0.179 e. The van der Waals surface area contributed by atoms with E-state index in [0.717, 1.165) is 0 Å². The van der Waals surface area contributed by atoms with Gasteiger partial charge in [-0.3, -0.25) is 0 Å². The molecule has 2 nitrogen and oxygen atoms in total. The molecule has 286 valence electrons. The van der Waals surface area contributed by atoms with Crippen LogP contribution in [0.5, 0.6) is 0 Å². The van der Waals surface area contributed by atoms with Crippen molar-refractivity contribution < 1.29 is 0 Å². The minimum absolute atomic E-state index is 0.0906. The monoisotopic (exact) mass is 776 g/mol. The van der Waals surface area contributed by atoms with Gasteiger partial charge in [-0.05, 0) is 98.0 Å². The number of hydrogen-bond acceptors (Lipinski definition) is 0. The number of fused-ring (bicyclic) bond motifs is 7. The van der Waals surface area contributed by atoms with E-state index in [-0.39, 0.29) is 10.8 Å². The molecule has 3 heteroatoms. The Morgan fingerprint density at radius 1 is 0.373 bits per heavy atom. The number of hydrogen-bond donors (Lipinski definition) is 0. The van der Waals surface area contributed by atoms with Crippen LogP contribution in [0.3, 0.4) is 0 Å². The second-order valence-electron chi connectivity index (χ2n) is 18.0. The van der Waals surface area contributed by atoms with Crippen LogP contribution in [0.2, 0.25) is 0 Å². The van der Waals surface area contributed by atoms with Gasteiger partial charge in [0.2, 0.25) is 0 Å². The summed E-state index contributed by atoms with van der Waals surface area (Å²) >= 11 is 0. The molecule has 1 aliphatic rings. The highest BCUT2D eigenvalue weighted by Crippen LogP contribution is 2.46. The molecule has 0 radical (unpaired) electrons. The molecular formula is C56H48N2Si. The smallest absolute Gasteiger partial charge is 0.179 e. The molecule has 10 aromatic rings. The van der Waals surface area contributed by atoms with E-state index in [2.05, 4.69) is 231 Å². The normalized spacial score (nSPS) is 14.9. The van der Waals surface area contributed by atoms with Crippen LogP contribution in [0, 0.1) is 0 Å². The lowest BCUT2D eigenvalue weighted by Gasteiger charge is -2.43. The van der Waals surface area contributed by atoms with Crippen LogP contribution in [-0.2, 0) is 10.8 Å². The third-order valence-electron chi connectivity index (χ3n) is 13.7. The maximum absolute atomic E-state index is 2.88. The molecule has 0 spiro atoms. The van der Waals surface area contributed by atoms with E-state index in [0.29, 0.717) is 0 Å². The van der Waals surface area contributed by atoms with E-state index in [1.54, 1.807) is 0 Å². The average molecular weight is 777 g/mol. The lowest BCUT2D eigenvalue weighted by atomic mass is 9.63. The molecule has 0 N–H and O–H groups in total. The highest BCUT2D eigenvalue weighted by Gasteiger charge is 2.44. The van der Waals surface area contributed by atoms with Crippen molar-refractivity contribution in [2.24, 2.45) is 0 Å². The van der Waals surface area contributed by atoms with Gasteiger partial charge in [-0.1, -0.05) is 179 Å². The summed E-state index contributed by atoms with van der Waals surface area (Å²) in [6.07, 6.45) is 2.38. The molecule has 1 aliphatic carbocycles. The Bertz CT molecular complexity index is 3130. The first-order valence-corrected chi connectivity index (χ1v) is 23.2. The molecule has 0 fully saturated rings. The number of para-hydroxylation sites is 3. The van der Waals surface area contributed by atoms with Crippen LogP contribution < -0.4 is 20.7 Å². The second-order valence-corrected chi connectivity index (χ2v) is 21.8. The highest BCUT2D eigenvalue weighted by atomic mass is 28.3. The number of rotatable bonds is 6. The van der Waals surface area contributed by atoms with Gasteiger partial charge in [0.25, 0.3) is 0 Å². The van der Waals surface area contributed by atoms with Crippen molar-refractivity contribution in [3.8, 4) is 11.4 Å². The van der Waals surface area contributed by atoms with Crippen molar-refractivity contribution in [2.75, 3.05) is 0 Å². The molecule has 0 saturated heterocycles. The van der Waals surface area contributed by atoms with Crippen molar-refractivity contribution in [1.29, 1.82) is 0 Å². The van der Waals surface area contributed by atoms with Crippen molar-refractivity contribution in [2.45, 2.75) is 51.4 Å². The van der Waals surface area contributed by atoms with Gasteiger partial charge in [0.1, 0.15) is 0 Å². The minimum Gasteiger partial charge on any atom is -0.309 e. The van der Waals surface area contributed by atoms with Crippen LogP contribution >= 0.6 is 0 Å². The Morgan fingerprint density at radius 2 is 0.847 bits per heavy atom. The van der Waals surface area contributed by atoms with Gasteiger partial charge >= 0.3 is 0 Å². The van der Waals surface area contributed by atoms with Crippen molar-refractivity contribution in [3.63, 3.8) is 0 Å². The van der Waals surface area contributed by atoms with Gasteiger partial charge in [-0.25, -0.2) is 0 Å². The third-order valence-corrected chi connectivity index (χ3v) is 18.5. The highest BCUT2D eigenvalue weighted by molar-refractivity contribution is 7.19. The Hall–Kier alpha value is -6.42. The molecule has 0 unspecified atom stereocenters. The molecule has 0 amide bonds. The first kappa shape index (κ1) is 35.7. The average Bonchev–Trinajstić information content (AvgIpc) is 3.80. The van der Waals surface area contributed by atoms with Gasteiger partial charge in [0.05, 0.1) is 27.8 Å². The third kappa shape index (κ3) is 5.31. The molecule has 0 bridgehead atoms. The lowest BCUT2D eigenvalue weighted by molar-refractivity contribution is 0.332. The Balaban J connectivity index is 1.21. The van der Waals surface area contributed by atoms with Gasteiger partial charge in [0, 0.05) is 27.2 Å². The first-order chi connectivity index (χ1) is 28.8. The molecule has 11 rings (SSSR count). The topological polar surface area (TPSA) is 9.86 Å². The Kier molecular flexibility index (Phi) is 8.06. The molecule has 8 aromatic carbocycles. The van der Waals surface area contributed by atoms with E-state index in [4.69, 9.17) is 0 Å². The summed E-state index contributed by atoms with van der Waals surface area (Å²) in [5.74, 6) is 0. The molecule has 0 saturated carbocycles. The summed E-state index contributed by atoms with van der Waals surface area (Å²) in [5, 5.41) is 10.7. The van der Waals surface area contributed by atoms with Crippen molar-refractivity contribution >= 4 is 72.4 Å². The van der Waals surface area contributed by atoms with Crippen LogP contribution in [0.1, 0.15) is 51.7 Å². The summed E-state index contributed by atoms with van der Waals surface area (Å²) in [4.78, 5) is 0. The molecule has 2 aromatic heterocycles. The van der Waals surface area contributed by atoms with E-state index >= 15 is 0 Å². The van der Waals surface area contributed by atoms with Gasteiger partial charge in [0.15, 0.2) is 8.07 Å². The summed E-state index contributed by atoms with van der Waals surface area (Å²) in [5.41, 5.74) is 10.5. The quantitative estimate of drug-likeness (QED) is 0.118.